The van der Waals surface area contributed by atoms with Gasteiger partial charge in [-0.1, -0.05) is 6.07 Å². The van der Waals surface area contributed by atoms with E-state index < -0.39 is 21.4 Å². The molecule has 0 aromatic carbocycles. The normalized spacial score (nSPS) is 7.80. The van der Waals surface area contributed by atoms with Crippen molar-refractivity contribution in [3.63, 3.8) is 0 Å². The first-order chi connectivity index (χ1) is 6.46. The zero-order valence-corrected chi connectivity index (χ0v) is 13.5. The third-order valence-corrected chi connectivity index (χ3v) is 0.566. The van der Waals surface area contributed by atoms with Crippen LogP contribution in [0.4, 0.5) is 4.79 Å². The molecule has 0 bridgehead atoms. The molecule has 1 radical (unpaired) electrons. The van der Waals surface area contributed by atoms with Crippen molar-refractivity contribution in [2.24, 2.45) is 0 Å². The molecule has 1 aromatic heterocycles. The number of aromatic nitrogens is 1. The summed E-state index contributed by atoms with van der Waals surface area (Å²) >= 11 is -1.79. The van der Waals surface area contributed by atoms with Gasteiger partial charge in [-0.2, -0.15) is 0 Å². The van der Waals surface area contributed by atoms with Crippen molar-refractivity contribution in [2.75, 3.05) is 0 Å². The van der Waals surface area contributed by atoms with Crippen LogP contribution >= 0.6 is 27.6 Å². The molecule has 15 heavy (non-hydrogen) atoms. The molecular weight excluding hydrogens is 634 g/mol. The van der Waals surface area contributed by atoms with Gasteiger partial charge in [-0.25, -0.2) is 4.79 Å². The van der Waals surface area contributed by atoms with Gasteiger partial charge in [0.2, 0.25) is 0 Å². The van der Waals surface area contributed by atoms with E-state index in [1.807, 2.05) is 18.2 Å². The third kappa shape index (κ3) is 52.5. The second-order valence-electron chi connectivity index (χ2n) is 1.44. The van der Waals surface area contributed by atoms with Crippen molar-refractivity contribution in [3.8, 4) is 0 Å². The molecule has 0 amide bonds. The van der Waals surface area contributed by atoms with Crippen molar-refractivity contribution in [2.45, 2.75) is 0 Å². The van der Waals surface area contributed by atoms with Crippen LogP contribution in [0.25, 0.3) is 0 Å². The van der Waals surface area contributed by atoms with Gasteiger partial charge < -0.3 is 10.2 Å². The van der Waals surface area contributed by atoms with Crippen LogP contribution in [0.3, 0.4) is 0 Å². The number of hydrogen-bond acceptors (Lipinski definition) is 2. The first-order valence-electron chi connectivity index (χ1n) is 2.84. The zero-order chi connectivity index (χ0) is 11.4. The van der Waals surface area contributed by atoms with Crippen LogP contribution in [0.1, 0.15) is 0 Å². The fraction of sp³-hybridized carbons (Fsp3) is 0. The number of pyridine rings is 1. The number of halogens is 3. The first-order valence-corrected chi connectivity index (χ1v) is 10.9. The van der Waals surface area contributed by atoms with Gasteiger partial charge in [-0.05, 0) is 12.1 Å². The van der Waals surface area contributed by atoms with E-state index in [2.05, 4.69) is 4.98 Å². The second kappa shape index (κ2) is 17.2. The predicted molar refractivity (Wildman–Crippen MR) is 52.4 cm³/mol. The summed E-state index contributed by atoms with van der Waals surface area (Å²) in [7, 11) is 14.9. The fourth-order valence-electron chi connectivity index (χ4n) is 0.313. The van der Waals surface area contributed by atoms with Gasteiger partial charge in [0.1, 0.15) is 0 Å². The second-order valence-corrected chi connectivity index (χ2v) is 10.8. The van der Waals surface area contributed by atoms with Gasteiger partial charge in [0.15, 0.2) is 0 Å². The van der Waals surface area contributed by atoms with Crippen molar-refractivity contribution in [1.82, 2.24) is 4.98 Å². The molecule has 0 aliphatic heterocycles. The predicted octanol–water partition coefficient (Wildman–Crippen LogP) is 3.37. The van der Waals surface area contributed by atoms with Gasteiger partial charge in [0.25, 0.3) is 0 Å². The molecule has 0 unspecified atom stereocenters. The topological polar surface area (TPSA) is 70.4 Å². The third-order valence-electron chi connectivity index (χ3n) is 0.566. The van der Waals surface area contributed by atoms with Gasteiger partial charge in [0.05, 0.1) is 0 Å². The molecule has 0 spiro atoms. The summed E-state index contributed by atoms with van der Waals surface area (Å²) in [5, 5.41) is 13.9. The molecular formula is C6H7Au2Cl3NO3. The van der Waals surface area contributed by atoms with Crippen LogP contribution in [-0.4, -0.2) is 21.4 Å². The molecule has 0 fully saturated rings. The summed E-state index contributed by atoms with van der Waals surface area (Å²) in [5.41, 5.74) is 0. The van der Waals surface area contributed by atoms with E-state index in [0.717, 1.165) is 0 Å². The quantitative estimate of drug-likeness (QED) is 0.427. The average molecular weight is 641 g/mol. The minimum Gasteiger partial charge on any atom is -0.265 e. The number of rotatable bonds is 0. The Kier molecular flexibility index (Phi) is 24.2. The van der Waals surface area contributed by atoms with Crippen LogP contribution in [0.5, 0.6) is 0 Å². The zero-order valence-electron chi connectivity index (χ0n) is 6.87. The van der Waals surface area contributed by atoms with Crippen LogP contribution in [0, 0.1) is 0 Å². The van der Waals surface area contributed by atoms with Crippen molar-refractivity contribution in [3.05, 3.63) is 30.6 Å². The Bertz CT molecular complexity index is 195. The molecule has 1 heterocycles. The Hall–Kier alpha value is 0.771. The van der Waals surface area contributed by atoms with Crippen LogP contribution in [0.15, 0.2) is 30.6 Å². The molecule has 0 aliphatic carbocycles. The first kappa shape index (κ1) is 21.1. The molecule has 2 N–H and O–H groups in total. The summed E-state index contributed by atoms with van der Waals surface area (Å²) in [5.74, 6) is 0. The minimum absolute atomic E-state index is 0. The number of carbonyl (C=O) groups is 1. The van der Waals surface area contributed by atoms with Crippen LogP contribution in [0.2, 0.25) is 0 Å². The van der Waals surface area contributed by atoms with E-state index in [1.54, 1.807) is 12.4 Å². The van der Waals surface area contributed by atoms with E-state index in [9.17, 15) is 0 Å². The number of hydrogen-bond donors (Lipinski definition) is 2. The summed E-state index contributed by atoms with van der Waals surface area (Å²) in [6, 6.07) is 5.72. The van der Waals surface area contributed by atoms with Crippen LogP contribution < -0.4 is 0 Å². The minimum atomic E-state index is -1.83. The molecule has 9 heteroatoms. The maximum absolute atomic E-state index is 8.56. The molecule has 97 valence electrons. The van der Waals surface area contributed by atoms with E-state index in [0.29, 0.717) is 0 Å². The molecule has 4 nitrogen and oxygen atoms in total. The molecule has 0 saturated heterocycles. The van der Waals surface area contributed by atoms with E-state index in [-0.39, 0.29) is 22.4 Å². The van der Waals surface area contributed by atoms with Crippen molar-refractivity contribution < 1.29 is 52.6 Å². The summed E-state index contributed by atoms with van der Waals surface area (Å²) < 4.78 is 0. The Morgan fingerprint density at radius 2 is 1.33 bits per heavy atom. The fourth-order valence-corrected chi connectivity index (χ4v) is 0.313. The van der Waals surface area contributed by atoms with Gasteiger partial charge >= 0.3 is 48.9 Å². The van der Waals surface area contributed by atoms with Crippen LogP contribution in [-0.2, 0) is 37.6 Å². The standard InChI is InChI=1S/C5H5N.CH2O3.2Au.3ClH/c1-2-4-6-5-3-1;2-1(3)4;;;;;/h1-5H;(H2,2,3,4);;;3*1H/q;;;+3;;;/p-3. The number of nitrogens with zero attached hydrogens (tertiary/aromatic N) is 1. The molecule has 0 aliphatic rings. The monoisotopic (exact) mass is 640 g/mol. The maximum Gasteiger partial charge on any atom is 0.0267 e. The molecule has 1 rings (SSSR count). The maximum atomic E-state index is 8.56. The largest absolute Gasteiger partial charge is 0.265 e. The molecule has 0 atom stereocenters. The average Bonchev–Trinajstić information content (AvgIpc) is 2.05. The Labute approximate surface area is 121 Å². The summed E-state index contributed by atoms with van der Waals surface area (Å²) in [4.78, 5) is 12.3. The number of carboxylic acid groups (broad SMARTS) is 2. The molecule has 0 saturated carbocycles. The Balaban J connectivity index is -0.000000145. The Morgan fingerprint density at radius 3 is 1.40 bits per heavy atom. The summed E-state index contributed by atoms with van der Waals surface area (Å²) in [6.45, 7) is 0. The van der Waals surface area contributed by atoms with Gasteiger partial charge in [-0.3, -0.25) is 4.98 Å². The van der Waals surface area contributed by atoms with E-state index in [4.69, 9.17) is 42.6 Å². The molecule has 1 aromatic rings. The van der Waals surface area contributed by atoms with Gasteiger partial charge in [-0.15, -0.1) is 0 Å². The van der Waals surface area contributed by atoms with E-state index in [1.165, 1.54) is 0 Å². The Morgan fingerprint density at radius 1 is 1.07 bits per heavy atom. The SMILES string of the molecule is O=C(O)O.[Au].[Cl][Au]([Cl])[Cl].c1ccncc1. The van der Waals surface area contributed by atoms with Crippen molar-refractivity contribution >= 4 is 33.7 Å². The van der Waals surface area contributed by atoms with Gasteiger partial charge in [0, 0.05) is 34.8 Å². The van der Waals surface area contributed by atoms with Crippen molar-refractivity contribution in [1.29, 1.82) is 0 Å². The summed E-state index contributed by atoms with van der Waals surface area (Å²) in [6.07, 6.45) is 1.67. The van der Waals surface area contributed by atoms with E-state index >= 15 is 0 Å². The smallest absolute Gasteiger partial charge is 0.0267 e.